The fourth-order valence-electron chi connectivity index (χ4n) is 0.904. The third-order valence-electron chi connectivity index (χ3n) is 1.56. The molecule has 0 N–H and O–H groups in total. The third-order valence-corrected chi connectivity index (χ3v) is 1.97. The van der Waals surface area contributed by atoms with E-state index in [-0.39, 0.29) is 5.56 Å². The molecule has 1 atom stereocenters. The second-order valence-electron chi connectivity index (χ2n) is 2.60. The van der Waals surface area contributed by atoms with Crippen molar-refractivity contribution in [3.05, 3.63) is 35.4 Å². The highest BCUT2D eigenvalue weighted by Gasteiger charge is 2.16. The zero-order chi connectivity index (χ0) is 10.0. The third kappa shape index (κ3) is 2.34. The summed E-state index contributed by atoms with van der Waals surface area (Å²) in [6.45, 7) is 1.59. The molecule has 0 fully saturated rings. The summed E-state index contributed by atoms with van der Waals surface area (Å²) in [5.74, 6) is -1.90. The molecular formula is C9H7BrF2O. The van der Waals surface area contributed by atoms with E-state index in [1.165, 1.54) is 0 Å². The highest BCUT2D eigenvalue weighted by Crippen LogP contribution is 2.14. The summed E-state index contributed by atoms with van der Waals surface area (Å²) in [5, 5.41) is 0. The monoisotopic (exact) mass is 248 g/mol. The van der Waals surface area contributed by atoms with Gasteiger partial charge in [0.1, 0.15) is 11.6 Å². The van der Waals surface area contributed by atoms with Crippen molar-refractivity contribution in [2.75, 3.05) is 0 Å². The predicted molar refractivity (Wildman–Crippen MR) is 49.1 cm³/mol. The minimum Gasteiger partial charge on any atom is -0.293 e. The van der Waals surface area contributed by atoms with Gasteiger partial charge < -0.3 is 0 Å². The summed E-state index contributed by atoms with van der Waals surface area (Å²) in [4.78, 5) is 10.8. The second kappa shape index (κ2) is 3.96. The Labute approximate surface area is 82.9 Å². The quantitative estimate of drug-likeness (QED) is 0.581. The van der Waals surface area contributed by atoms with Crippen LogP contribution in [-0.2, 0) is 0 Å². The van der Waals surface area contributed by atoms with Crippen molar-refractivity contribution in [3.8, 4) is 0 Å². The van der Waals surface area contributed by atoms with E-state index in [4.69, 9.17) is 0 Å². The molecule has 13 heavy (non-hydrogen) atoms. The van der Waals surface area contributed by atoms with Crippen LogP contribution in [0.3, 0.4) is 0 Å². The molecule has 0 aliphatic rings. The molecule has 1 rings (SSSR count). The van der Waals surface area contributed by atoms with Gasteiger partial charge >= 0.3 is 0 Å². The van der Waals surface area contributed by atoms with Crippen LogP contribution >= 0.6 is 15.9 Å². The molecule has 1 nitrogen and oxygen atoms in total. The Kier molecular flexibility index (Phi) is 3.14. The number of Topliss-reactive ketones (excluding diaryl/α,β-unsaturated/α-hetero) is 1. The van der Waals surface area contributed by atoms with Crippen LogP contribution in [-0.4, -0.2) is 10.6 Å². The summed E-state index contributed by atoms with van der Waals surface area (Å²) in [6.07, 6.45) is 0. The Morgan fingerprint density at radius 2 is 2.08 bits per heavy atom. The van der Waals surface area contributed by atoms with Gasteiger partial charge in [-0.3, -0.25) is 4.79 Å². The molecule has 0 spiro atoms. The first-order chi connectivity index (χ1) is 6.02. The average Bonchev–Trinajstić information content (AvgIpc) is 2.03. The smallest absolute Gasteiger partial charge is 0.179 e. The molecular weight excluding hydrogens is 242 g/mol. The Balaban J connectivity index is 3.09. The van der Waals surface area contributed by atoms with Crippen LogP contribution in [0.15, 0.2) is 18.2 Å². The van der Waals surface area contributed by atoms with Crippen molar-refractivity contribution < 1.29 is 13.6 Å². The SMILES string of the molecule is C[C@H](Br)C(=O)c1ccc(F)cc1F. The molecule has 0 saturated carbocycles. The first-order valence-corrected chi connectivity index (χ1v) is 4.57. The molecule has 0 saturated heterocycles. The van der Waals surface area contributed by atoms with Crippen molar-refractivity contribution in [3.63, 3.8) is 0 Å². The maximum atomic E-state index is 13.0. The molecule has 0 amide bonds. The van der Waals surface area contributed by atoms with Gasteiger partial charge in [-0.2, -0.15) is 0 Å². The van der Waals surface area contributed by atoms with Crippen molar-refractivity contribution in [1.82, 2.24) is 0 Å². The first kappa shape index (κ1) is 10.3. The summed E-state index contributed by atoms with van der Waals surface area (Å²) in [5.41, 5.74) is -0.0919. The zero-order valence-electron chi connectivity index (χ0n) is 6.85. The molecule has 70 valence electrons. The van der Waals surface area contributed by atoms with Crippen molar-refractivity contribution in [2.24, 2.45) is 0 Å². The van der Waals surface area contributed by atoms with E-state index in [2.05, 4.69) is 15.9 Å². The lowest BCUT2D eigenvalue weighted by Crippen LogP contribution is -2.12. The predicted octanol–water partition coefficient (Wildman–Crippen LogP) is 2.93. The maximum Gasteiger partial charge on any atom is 0.179 e. The number of hydrogen-bond donors (Lipinski definition) is 0. The summed E-state index contributed by atoms with van der Waals surface area (Å²) in [6, 6.07) is 2.90. The van der Waals surface area contributed by atoms with Gasteiger partial charge in [-0.15, -0.1) is 0 Å². The molecule has 1 aromatic rings. The van der Waals surface area contributed by atoms with E-state index in [0.29, 0.717) is 6.07 Å². The molecule has 0 bridgehead atoms. The van der Waals surface area contributed by atoms with Gasteiger partial charge in [-0.25, -0.2) is 8.78 Å². The van der Waals surface area contributed by atoms with Crippen LogP contribution in [0.1, 0.15) is 17.3 Å². The number of carbonyl (C=O) groups is 1. The molecule has 0 aliphatic heterocycles. The molecule has 0 aromatic heterocycles. The number of rotatable bonds is 2. The Bertz CT molecular complexity index is 336. The Morgan fingerprint density at radius 1 is 1.46 bits per heavy atom. The van der Waals surface area contributed by atoms with Crippen LogP contribution in [0.25, 0.3) is 0 Å². The van der Waals surface area contributed by atoms with Gasteiger partial charge in [-0.1, -0.05) is 15.9 Å². The molecule has 0 radical (unpaired) electrons. The fraction of sp³-hybridized carbons (Fsp3) is 0.222. The summed E-state index contributed by atoms with van der Waals surface area (Å²) < 4.78 is 25.4. The van der Waals surface area contributed by atoms with Crippen LogP contribution in [0.5, 0.6) is 0 Å². The number of halogens is 3. The molecule has 0 aliphatic carbocycles. The number of alkyl halides is 1. The normalized spacial score (nSPS) is 12.6. The Morgan fingerprint density at radius 3 is 2.54 bits per heavy atom. The molecule has 0 unspecified atom stereocenters. The highest BCUT2D eigenvalue weighted by molar-refractivity contribution is 9.10. The lowest BCUT2D eigenvalue weighted by Gasteiger charge is -2.03. The zero-order valence-corrected chi connectivity index (χ0v) is 8.44. The minimum atomic E-state index is -0.823. The second-order valence-corrected chi connectivity index (χ2v) is 3.98. The van der Waals surface area contributed by atoms with E-state index < -0.39 is 22.2 Å². The van der Waals surface area contributed by atoms with Crippen LogP contribution in [0, 0.1) is 11.6 Å². The fourth-order valence-corrected chi connectivity index (χ4v) is 1.15. The number of carbonyl (C=O) groups excluding carboxylic acids is 1. The topological polar surface area (TPSA) is 17.1 Å². The summed E-state index contributed by atoms with van der Waals surface area (Å²) in [7, 11) is 0. The maximum absolute atomic E-state index is 13.0. The largest absolute Gasteiger partial charge is 0.293 e. The first-order valence-electron chi connectivity index (χ1n) is 3.65. The molecule has 1 aromatic carbocycles. The number of ketones is 1. The van der Waals surface area contributed by atoms with E-state index in [9.17, 15) is 13.6 Å². The van der Waals surface area contributed by atoms with Gasteiger partial charge in [0.05, 0.1) is 10.4 Å². The Hall–Kier alpha value is -0.770. The van der Waals surface area contributed by atoms with Crippen LogP contribution in [0.4, 0.5) is 8.78 Å². The van der Waals surface area contributed by atoms with E-state index in [0.717, 1.165) is 12.1 Å². The van der Waals surface area contributed by atoms with Gasteiger partial charge in [0.25, 0.3) is 0 Å². The van der Waals surface area contributed by atoms with Gasteiger partial charge in [0.2, 0.25) is 0 Å². The van der Waals surface area contributed by atoms with E-state index >= 15 is 0 Å². The lowest BCUT2D eigenvalue weighted by molar-refractivity contribution is 0.0992. The number of benzene rings is 1. The van der Waals surface area contributed by atoms with E-state index in [1.54, 1.807) is 6.92 Å². The number of hydrogen-bond acceptors (Lipinski definition) is 1. The van der Waals surface area contributed by atoms with E-state index in [1.807, 2.05) is 0 Å². The highest BCUT2D eigenvalue weighted by atomic mass is 79.9. The molecule has 0 heterocycles. The van der Waals surface area contributed by atoms with Gasteiger partial charge in [-0.05, 0) is 19.1 Å². The summed E-state index contributed by atoms with van der Waals surface area (Å²) >= 11 is 3.02. The standard InChI is InChI=1S/C9H7BrF2O/c1-5(10)9(13)7-3-2-6(11)4-8(7)12/h2-5H,1H3/t5-/m0/s1. The van der Waals surface area contributed by atoms with Crippen LogP contribution < -0.4 is 0 Å². The van der Waals surface area contributed by atoms with Crippen molar-refractivity contribution in [2.45, 2.75) is 11.8 Å². The minimum absolute atomic E-state index is 0.0919. The molecule has 4 heteroatoms. The average molecular weight is 249 g/mol. The van der Waals surface area contributed by atoms with Gasteiger partial charge in [0, 0.05) is 6.07 Å². The van der Waals surface area contributed by atoms with Crippen molar-refractivity contribution >= 4 is 21.7 Å². The lowest BCUT2D eigenvalue weighted by atomic mass is 10.1. The van der Waals surface area contributed by atoms with Crippen LogP contribution in [0.2, 0.25) is 0 Å². The van der Waals surface area contributed by atoms with Gasteiger partial charge in [0.15, 0.2) is 5.78 Å². The van der Waals surface area contributed by atoms with Crippen molar-refractivity contribution in [1.29, 1.82) is 0 Å².